The highest BCUT2D eigenvalue weighted by Gasteiger charge is 2.35. The lowest BCUT2D eigenvalue weighted by Gasteiger charge is -2.13. The maximum Gasteiger partial charge on any atom is 0.228 e. The number of nitrogens with one attached hydrogen (secondary N) is 1. The lowest BCUT2D eigenvalue weighted by molar-refractivity contribution is -0.121. The van der Waals surface area contributed by atoms with E-state index in [0.717, 1.165) is 10.5 Å². The number of likely N-dealkylation sites (N-methyl/N-ethyl adjacent to an activating group) is 1. The van der Waals surface area contributed by atoms with Crippen LogP contribution in [0, 0.1) is 0 Å². The Morgan fingerprint density at radius 1 is 1.53 bits per heavy atom. The highest BCUT2D eigenvalue weighted by Crippen LogP contribution is 2.46. The minimum atomic E-state index is -0.101. The lowest BCUT2D eigenvalue weighted by atomic mass is 9.95. The molecule has 1 amide bonds. The largest absolute Gasteiger partial charge is 0.508 e. The zero-order valence-electron chi connectivity index (χ0n) is 8.65. The quantitative estimate of drug-likeness (QED) is 0.762. The van der Waals surface area contributed by atoms with Crippen molar-refractivity contribution in [2.75, 3.05) is 7.05 Å². The third-order valence-corrected chi connectivity index (χ3v) is 3.89. The van der Waals surface area contributed by atoms with Crippen molar-refractivity contribution in [3.8, 4) is 5.75 Å². The predicted octanol–water partition coefficient (Wildman–Crippen LogP) is 1.72. The van der Waals surface area contributed by atoms with Gasteiger partial charge in [-0.2, -0.15) is 0 Å². The average Bonchev–Trinajstić information content (AvgIpc) is 2.52. The molecule has 0 aliphatic carbocycles. The van der Waals surface area contributed by atoms with E-state index in [1.165, 1.54) is 0 Å². The predicted molar refractivity (Wildman–Crippen MR) is 60.2 cm³/mol. The lowest BCUT2D eigenvalue weighted by Crippen LogP contribution is -2.28. The molecule has 80 valence electrons. The van der Waals surface area contributed by atoms with Crippen LogP contribution in [-0.4, -0.2) is 23.3 Å². The maximum atomic E-state index is 11.7. The molecule has 0 fully saturated rings. The van der Waals surface area contributed by atoms with Gasteiger partial charge in [0.25, 0.3) is 0 Å². The normalized spacial score (nSPS) is 23.6. The molecule has 1 aromatic rings. The van der Waals surface area contributed by atoms with Crippen LogP contribution < -0.4 is 5.32 Å². The third-order valence-electron chi connectivity index (χ3n) is 2.64. The molecule has 2 unspecified atom stereocenters. The fourth-order valence-corrected chi connectivity index (χ4v) is 3.24. The summed E-state index contributed by atoms with van der Waals surface area (Å²) >= 11 is 1.64. The minimum Gasteiger partial charge on any atom is -0.508 e. The molecule has 4 heteroatoms. The van der Waals surface area contributed by atoms with Gasteiger partial charge >= 0.3 is 0 Å². The molecule has 1 aliphatic heterocycles. The molecular weight excluding hydrogens is 210 g/mol. The van der Waals surface area contributed by atoms with Gasteiger partial charge in [0.15, 0.2) is 0 Å². The Balaban J connectivity index is 2.41. The second-order valence-electron chi connectivity index (χ2n) is 3.64. The number of aromatic hydroxyl groups is 1. The van der Waals surface area contributed by atoms with E-state index in [1.807, 2.05) is 13.0 Å². The zero-order chi connectivity index (χ0) is 11.0. The first-order chi connectivity index (χ1) is 7.13. The first-order valence-electron chi connectivity index (χ1n) is 4.84. The zero-order valence-corrected chi connectivity index (χ0v) is 9.47. The van der Waals surface area contributed by atoms with Crippen LogP contribution in [0.4, 0.5) is 0 Å². The molecule has 0 saturated carbocycles. The molecule has 0 saturated heterocycles. The number of hydrogen-bond donors (Lipinski definition) is 2. The maximum absolute atomic E-state index is 11.7. The number of thioether (sulfide) groups is 1. The smallest absolute Gasteiger partial charge is 0.228 e. The molecule has 1 aliphatic rings. The van der Waals surface area contributed by atoms with E-state index in [1.54, 1.807) is 30.9 Å². The van der Waals surface area contributed by atoms with Gasteiger partial charge in [0.05, 0.1) is 5.92 Å². The third kappa shape index (κ3) is 1.69. The van der Waals surface area contributed by atoms with E-state index in [-0.39, 0.29) is 22.8 Å². The molecule has 2 atom stereocenters. The molecule has 2 N–H and O–H groups in total. The number of fused-ring (bicyclic) bond motifs is 1. The molecular formula is C11H13NO2S. The number of carbonyl (C=O) groups excluding carboxylic acids is 1. The van der Waals surface area contributed by atoms with Crippen LogP contribution in [-0.2, 0) is 4.79 Å². The number of phenols is 1. The van der Waals surface area contributed by atoms with Crippen molar-refractivity contribution in [2.24, 2.45) is 0 Å². The van der Waals surface area contributed by atoms with Crippen LogP contribution in [0.25, 0.3) is 0 Å². The van der Waals surface area contributed by atoms with Crippen molar-refractivity contribution in [3.05, 3.63) is 23.8 Å². The Morgan fingerprint density at radius 2 is 2.27 bits per heavy atom. The first-order valence-corrected chi connectivity index (χ1v) is 5.72. The molecule has 0 spiro atoms. The van der Waals surface area contributed by atoms with Gasteiger partial charge in [-0.1, -0.05) is 13.0 Å². The number of hydrogen-bond acceptors (Lipinski definition) is 3. The number of rotatable bonds is 1. The topological polar surface area (TPSA) is 49.3 Å². The van der Waals surface area contributed by atoms with Gasteiger partial charge in [0.1, 0.15) is 5.75 Å². The summed E-state index contributed by atoms with van der Waals surface area (Å²) in [5.74, 6) is 0.195. The van der Waals surface area contributed by atoms with Crippen molar-refractivity contribution in [1.82, 2.24) is 5.32 Å². The van der Waals surface area contributed by atoms with Gasteiger partial charge in [0, 0.05) is 17.2 Å². The van der Waals surface area contributed by atoms with Crippen molar-refractivity contribution < 1.29 is 9.90 Å². The second kappa shape index (κ2) is 3.77. The molecule has 1 heterocycles. The van der Waals surface area contributed by atoms with Gasteiger partial charge in [-0.3, -0.25) is 4.79 Å². The Kier molecular flexibility index (Phi) is 2.61. The Labute approximate surface area is 92.9 Å². The monoisotopic (exact) mass is 223 g/mol. The number of benzene rings is 1. The van der Waals surface area contributed by atoms with Crippen LogP contribution in [0.2, 0.25) is 0 Å². The summed E-state index contributed by atoms with van der Waals surface area (Å²) in [5, 5.41) is 12.3. The summed E-state index contributed by atoms with van der Waals surface area (Å²) in [7, 11) is 1.65. The summed E-state index contributed by atoms with van der Waals surface area (Å²) < 4.78 is 0. The molecule has 0 aromatic heterocycles. The van der Waals surface area contributed by atoms with Gasteiger partial charge in [-0.25, -0.2) is 0 Å². The molecule has 1 aromatic carbocycles. The number of amides is 1. The summed E-state index contributed by atoms with van der Waals surface area (Å²) in [5.41, 5.74) is 1.02. The molecule has 0 radical (unpaired) electrons. The summed E-state index contributed by atoms with van der Waals surface area (Å²) in [6, 6.07) is 5.19. The fraction of sp³-hybridized carbons (Fsp3) is 0.364. The second-order valence-corrected chi connectivity index (χ2v) is 5.06. The van der Waals surface area contributed by atoms with Crippen molar-refractivity contribution in [3.63, 3.8) is 0 Å². The highest BCUT2D eigenvalue weighted by molar-refractivity contribution is 8.00. The van der Waals surface area contributed by atoms with Crippen LogP contribution in [0.3, 0.4) is 0 Å². The van der Waals surface area contributed by atoms with Crippen LogP contribution >= 0.6 is 11.8 Å². The highest BCUT2D eigenvalue weighted by atomic mass is 32.2. The van der Waals surface area contributed by atoms with Crippen molar-refractivity contribution in [1.29, 1.82) is 0 Å². The molecule has 15 heavy (non-hydrogen) atoms. The summed E-state index contributed by atoms with van der Waals surface area (Å²) in [4.78, 5) is 12.7. The standard InChI is InChI=1S/C11H13NO2S/c1-6-10(11(14)12-2)8-4-3-7(13)5-9(8)15-6/h3-6,10,13H,1-2H3,(H,12,14). The van der Waals surface area contributed by atoms with Gasteiger partial charge < -0.3 is 10.4 Å². The fourth-order valence-electron chi connectivity index (χ4n) is 1.91. The van der Waals surface area contributed by atoms with Crippen molar-refractivity contribution >= 4 is 17.7 Å². The van der Waals surface area contributed by atoms with Gasteiger partial charge in [-0.05, 0) is 17.7 Å². The minimum absolute atomic E-state index is 0.0411. The number of carbonyl (C=O) groups is 1. The Hall–Kier alpha value is -1.16. The number of phenolic OH excluding ortho intramolecular Hbond substituents is 1. The van der Waals surface area contributed by atoms with Gasteiger partial charge in [0.2, 0.25) is 5.91 Å². The Bertz CT molecular complexity index is 406. The van der Waals surface area contributed by atoms with Crippen LogP contribution in [0.15, 0.2) is 23.1 Å². The summed E-state index contributed by atoms with van der Waals surface area (Å²) in [6.07, 6.45) is 0. The van der Waals surface area contributed by atoms with E-state index in [2.05, 4.69) is 5.32 Å². The van der Waals surface area contributed by atoms with E-state index in [9.17, 15) is 9.90 Å². The SMILES string of the molecule is CNC(=O)C1c2ccc(O)cc2SC1C. The molecule has 0 bridgehead atoms. The van der Waals surface area contributed by atoms with E-state index in [4.69, 9.17) is 0 Å². The summed E-state index contributed by atoms with van der Waals surface area (Å²) in [6.45, 7) is 2.03. The van der Waals surface area contributed by atoms with Gasteiger partial charge in [-0.15, -0.1) is 11.8 Å². The molecule has 2 rings (SSSR count). The van der Waals surface area contributed by atoms with E-state index in [0.29, 0.717) is 0 Å². The van der Waals surface area contributed by atoms with E-state index >= 15 is 0 Å². The molecule has 3 nitrogen and oxygen atoms in total. The van der Waals surface area contributed by atoms with Crippen molar-refractivity contribution in [2.45, 2.75) is 23.0 Å². The first kappa shape index (κ1) is 10.4. The Morgan fingerprint density at radius 3 is 2.93 bits per heavy atom. The van der Waals surface area contributed by atoms with Crippen LogP contribution in [0.1, 0.15) is 18.4 Å². The van der Waals surface area contributed by atoms with E-state index < -0.39 is 0 Å². The average molecular weight is 223 g/mol. The van der Waals surface area contributed by atoms with Crippen LogP contribution in [0.5, 0.6) is 5.75 Å².